The molecule has 0 spiro atoms. The third-order valence-corrected chi connectivity index (χ3v) is 8.26. The molecular weight excluding hydrogens is 468 g/mol. The molecule has 0 aliphatic heterocycles. The zero-order chi connectivity index (χ0) is 30.8. The van der Waals surface area contributed by atoms with Crippen molar-refractivity contribution < 1.29 is 0 Å². The lowest BCUT2D eigenvalue weighted by Gasteiger charge is -2.41. The summed E-state index contributed by atoms with van der Waals surface area (Å²) in [5.74, 6) is 0. The molecule has 0 aliphatic carbocycles. The highest BCUT2D eigenvalue weighted by Crippen LogP contribution is 2.46. The molecule has 1 aromatic carbocycles. The Kier molecular flexibility index (Phi) is 11.0. The van der Waals surface area contributed by atoms with Crippen LogP contribution in [-0.4, -0.2) is 0 Å². The highest BCUT2D eigenvalue weighted by Gasteiger charge is 2.36. The summed E-state index contributed by atoms with van der Waals surface area (Å²) in [7, 11) is 0. The van der Waals surface area contributed by atoms with E-state index in [-0.39, 0.29) is 32.5 Å². The molecule has 0 aromatic heterocycles. The minimum absolute atomic E-state index is 0.0484. The Hall–Kier alpha value is -1.56. The fourth-order valence-electron chi connectivity index (χ4n) is 8.23. The van der Waals surface area contributed by atoms with Crippen LogP contribution in [0.15, 0.2) is 54.2 Å². The van der Waals surface area contributed by atoms with Crippen molar-refractivity contribution in [3.05, 3.63) is 70.8 Å². The Balaban J connectivity index is 3.77. The smallest absolute Gasteiger partial charge is 0.00953 e. The van der Waals surface area contributed by atoms with Crippen molar-refractivity contribution in [2.75, 3.05) is 0 Å². The fraction of sp³-hybridized carbons (Fsp3) is 0.692. The molecule has 222 valence electrons. The summed E-state index contributed by atoms with van der Waals surface area (Å²) in [4.78, 5) is 0. The van der Waals surface area contributed by atoms with Crippen molar-refractivity contribution >= 4 is 0 Å². The normalized spacial score (nSPS) is 13.8. The van der Waals surface area contributed by atoms with Crippen LogP contribution in [0.5, 0.6) is 0 Å². The van der Waals surface area contributed by atoms with Gasteiger partial charge in [0.1, 0.15) is 0 Å². The molecule has 0 saturated heterocycles. The molecule has 0 heteroatoms. The van der Waals surface area contributed by atoms with Crippen LogP contribution < -0.4 is 0 Å². The van der Waals surface area contributed by atoms with Crippen LogP contribution in [0.25, 0.3) is 0 Å². The number of allylic oxidation sites excluding steroid dienone is 4. The van der Waals surface area contributed by atoms with Gasteiger partial charge in [-0.1, -0.05) is 124 Å². The summed E-state index contributed by atoms with van der Waals surface area (Å²) in [6, 6.07) is 7.65. The summed E-state index contributed by atoms with van der Waals surface area (Å²) >= 11 is 0. The molecule has 1 aromatic rings. The molecule has 0 fully saturated rings. The van der Waals surface area contributed by atoms with Crippen LogP contribution in [-0.2, 0) is 16.2 Å². The third kappa shape index (κ3) is 11.4. The Bertz CT molecular complexity index is 981. The van der Waals surface area contributed by atoms with Crippen molar-refractivity contribution in [2.24, 2.45) is 16.2 Å². The lowest BCUT2D eigenvalue weighted by Crippen LogP contribution is -2.32. The van der Waals surface area contributed by atoms with Crippen molar-refractivity contribution in [3.8, 4) is 0 Å². The molecule has 0 atom stereocenters. The monoisotopic (exact) mass is 535 g/mol. The van der Waals surface area contributed by atoms with Gasteiger partial charge in [0.2, 0.25) is 0 Å². The topological polar surface area (TPSA) is 0 Å². The minimum Gasteiger partial charge on any atom is -0.100 e. The van der Waals surface area contributed by atoms with Crippen molar-refractivity contribution in [1.82, 2.24) is 0 Å². The lowest BCUT2D eigenvalue weighted by atomic mass is 9.64. The first-order valence-electron chi connectivity index (χ1n) is 15.3. The molecule has 0 radical (unpaired) electrons. The van der Waals surface area contributed by atoms with Gasteiger partial charge in [0, 0.05) is 0 Å². The average Bonchev–Trinajstić information content (AvgIpc) is 2.61. The third-order valence-electron chi connectivity index (χ3n) is 8.26. The van der Waals surface area contributed by atoms with E-state index in [1.54, 1.807) is 0 Å². The molecule has 0 saturated carbocycles. The quantitative estimate of drug-likeness (QED) is 0.208. The molecule has 0 heterocycles. The van der Waals surface area contributed by atoms with Crippen LogP contribution in [0.2, 0.25) is 0 Å². The van der Waals surface area contributed by atoms with Gasteiger partial charge in [-0.3, -0.25) is 0 Å². The number of rotatable bonds is 14. The van der Waals surface area contributed by atoms with E-state index >= 15 is 0 Å². The molecule has 0 bridgehead atoms. The predicted octanol–water partition coefficient (Wildman–Crippen LogP) is 12.7. The first-order chi connectivity index (χ1) is 17.2. The molecule has 0 amide bonds. The Morgan fingerprint density at radius 1 is 0.538 bits per heavy atom. The van der Waals surface area contributed by atoms with E-state index in [0.717, 1.165) is 32.1 Å². The van der Waals surface area contributed by atoms with E-state index in [4.69, 9.17) is 0 Å². The second-order valence-electron chi connectivity index (χ2n) is 17.8. The van der Waals surface area contributed by atoms with E-state index in [0.29, 0.717) is 0 Å². The fourth-order valence-corrected chi connectivity index (χ4v) is 8.23. The van der Waals surface area contributed by atoms with Crippen molar-refractivity contribution in [1.29, 1.82) is 0 Å². The van der Waals surface area contributed by atoms with Crippen LogP contribution >= 0.6 is 0 Å². The Morgan fingerprint density at radius 3 is 1.08 bits per heavy atom. The average molecular weight is 535 g/mol. The minimum atomic E-state index is 0.0484. The second-order valence-corrected chi connectivity index (χ2v) is 17.8. The maximum Gasteiger partial charge on any atom is -0.00953 e. The van der Waals surface area contributed by atoms with Gasteiger partial charge in [-0.05, 0) is 109 Å². The summed E-state index contributed by atoms with van der Waals surface area (Å²) < 4.78 is 0. The van der Waals surface area contributed by atoms with Gasteiger partial charge in [0.05, 0.1) is 0 Å². The second kappa shape index (κ2) is 12.1. The van der Waals surface area contributed by atoms with Crippen LogP contribution in [0.4, 0.5) is 0 Å². The van der Waals surface area contributed by atoms with E-state index in [1.807, 2.05) is 0 Å². The van der Waals surface area contributed by atoms with Gasteiger partial charge in [-0.15, -0.1) is 13.2 Å². The Morgan fingerprint density at radius 2 is 0.821 bits per heavy atom. The molecule has 0 aliphatic rings. The van der Waals surface area contributed by atoms with Crippen molar-refractivity contribution in [2.45, 2.75) is 159 Å². The van der Waals surface area contributed by atoms with Gasteiger partial charge >= 0.3 is 0 Å². The van der Waals surface area contributed by atoms with Gasteiger partial charge in [-0.25, -0.2) is 0 Å². The van der Waals surface area contributed by atoms with Gasteiger partial charge in [-0.2, -0.15) is 0 Å². The maximum atomic E-state index is 4.23. The highest BCUT2D eigenvalue weighted by atomic mass is 14.4. The molecule has 0 nitrogen and oxygen atoms in total. The van der Waals surface area contributed by atoms with Gasteiger partial charge < -0.3 is 0 Å². The summed E-state index contributed by atoms with van der Waals surface area (Å²) in [5.41, 5.74) is 9.06. The number of hydrogen-bond acceptors (Lipinski definition) is 0. The van der Waals surface area contributed by atoms with Crippen molar-refractivity contribution in [3.63, 3.8) is 0 Å². The van der Waals surface area contributed by atoms with E-state index in [1.165, 1.54) is 33.4 Å². The Labute approximate surface area is 245 Å². The van der Waals surface area contributed by atoms with E-state index in [2.05, 4.69) is 148 Å². The highest BCUT2D eigenvalue weighted by molar-refractivity contribution is 5.41. The van der Waals surface area contributed by atoms with Crippen LogP contribution in [0, 0.1) is 16.2 Å². The predicted molar refractivity (Wildman–Crippen MR) is 179 cm³/mol. The van der Waals surface area contributed by atoms with Crippen LogP contribution in [0.3, 0.4) is 0 Å². The largest absolute Gasteiger partial charge is 0.100 e. The summed E-state index contributed by atoms with van der Waals surface area (Å²) in [6.45, 7) is 46.4. The molecular formula is C39H66. The van der Waals surface area contributed by atoms with E-state index < -0.39 is 0 Å². The first kappa shape index (κ1) is 35.5. The maximum absolute atomic E-state index is 4.23. The van der Waals surface area contributed by atoms with Gasteiger partial charge in [0.25, 0.3) is 0 Å². The zero-order valence-electron chi connectivity index (χ0n) is 29.3. The number of benzene rings is 1. The first-order valence-corrected chi connectivity index (χ1v) is 15.3. The molecule has 0 N–H and O–H groups in total. The molecule has 39 heavy (non-hydrogen) atoms. The van der Waals surface area contributed by atoms with Crippen LogP contribution in [0.1, 0.15) is 160 Å². The van der Waals surface area contributed by atoms with E-state index in [9.17, 15) is 0 Å². The standard InChI is InChI=1S/C39H66/c1-28(2)22-34(7,8)25-37(13,14)31-19-32(38(15,16)26-35(9,10)23-29(3)4)21-33(20-31)39(17,18)27-36(11,12)24-30(5)6/h19-21,24H,1,3,22-23,25-27H2,2,4-18H3. The molecule has 0 unspecified atom stereocenters. The summed E-state index contributed by atoms with van der Waals surface area (Å²) in [6.07, 6.45) is 7.94. The summed E-state index contributed by atoms with van der Waals surface area (Å²) in [5, 5.41) is 0. The number of hydrogen-bond donors (Lipinski definition) is 0. The lowest BCUT2D eigenvalue weighted by molar-refractivity contribution is 0.249. The molecule has 1 rings (SSSR count). The SMILES string of the molecule is C=C(C)CC(C)(C)CC(C)(C)c1cc(C(C)(C)CC(C)(C)C=C(C)C)cc(C(C)(C)CC(C)(C)CC(=C)C)c1. The zero-order valence-corrected chi connectivity index (χ0v) is 29.3. The van der Waals surface area contributed by atoms with Gasteiger partial charge in [0.15, 0.2) is 0 Å².